The van der Waals surface area contributed by atoms with Gasteiger partial charge in [0.15, 0.2) is 17.5 Å². The molecular weight excluding hydrogens is 576 g/mol. The predicted molar refractivity (Wildman–Crippen MR) is 159 cm³/mol. The number of benzene rings is 2. The molecule has 4 rings (SSSR count). The molecule has 236 valence electrons. The van der Waals surface area contributed by atoms with Crippen LogP contribution >= 0.6 is 0 Å². The number of hydrogen-bond donors (Lipinski definition) is 6. The van der Waals surface area contributed by atoms with Crippen molar-refractivity contribution in [3.63, 3.8) is 0 Å². The van der Waals surface area contributed by atoms with Crippen LogP contribution in [0, 0.1) is 12.8 Å². The lowest BCUT2D eigenvalue weighted by atomic mass is 9.81. The van der Waals surface area contributed by atoms with Crippen LogP contribution in [-0.4, -0.2) is 63.1 Å². The first kappa shape index (κ1) is 32.3. The van der Waals surface area contributed by atoms with Crippen molar-refractivity contribution < 1.29 is 48.6 Å². The Morgan fingerprint density at radius 3 is 2.50 bits per heavy atom. The molecule has 0 bridgehead atoms. The Labute approximate surface area is 252 Å². The van der Waals surface area contributed by atoms with E-state index in [-0.39, 0.29) is 33.6 Å². The zero-order valence-electron chi connectivity index (χ0n) is 24.9. The van der Waals surface area contributed by atoms with E-state index in [1.165, 1.54) is 37.3 Å². The maximum atomic E-state index is 13.0. The Hall–Kier alpha value is -4.59. The highest BCUT2D eigenvalue weighted by Gasteiger charge is 2.52. The highest BCUT2D eigenvalue weighted by molar-refractivity contribution is 6.06. The standard InChI is InChI=1S/C31H36N2O11/c1-14(2)6-7-16-12-17(8-10-20(16)35)27(38)33-22-23(36)18-9-11-21(15(3)25(18)42-28(22)39)41-29-24(37)26(43-30(32)40)19(13-34)31(4,5)44-29/h6,8-12,19,24,26,29,34-37H,7,13H2,1-5H3,(H2,32,40)(H,33,38)/t19-,24?,26+,29-/m1/s1. The lowest BCUT2D eigenvalue weighted by Gasteiger charge is -2.47. The number of aryl methyl sites for hydroxylation is 1. The number of allylic oxidation sites excluding steroid dienone is 2. The fourth-order valence-corrected chi connectivity index (χ4v) is 5.07. The van der Waals surface area contributed by atoms with Gasteiger partial charge in [-0.1, -0.05) is 11.6 Å². The number of aromatic hydroxyl groups is 2. The molecule has 1 saturated heterocycles. The molecule has 1 aromatic heterocycles. The zero-order chi connectivity index (χ0) is 32.5. The van der Waals surface area contributed by atoms with Crippen molar-refractivity contribution in [2.24, 2.45) is 11.7 Å². The number of phenols is 1. The molecule has 0 radical (unpaired) electrons. The van der Waals surface area contributed by atoms with Gasteiger partial charge in [-0.3, -0.25) is 4.79 Å². The Bertz CT molecular complexity index is 1670. The molecule has 1 fully saturated rings. The molecule has 0 spiro atoms. The number of rotatable bonds is 8. The SMILES string of the molecule is CC(C)=CCc1cc(C(=O)Nc2c(O)c3ccc(O[C@@H]4OC(C)(C)[C@H](CO)[C@H](OC(N)=O)C4O)c(C)c3oc2=O)ccc1O. The van der Waals surface area contributed by atoms with Crippen LogP contribution in [0.2, 0.25) is 0 Å². The molecular formula is C31H36N2O11. The number of phenolic OH excluding ortho intramolecular Hbond substituents is 1. The number of amides is 2. The average Bonchev–Trinajstić information content (AvgIpc) is 2.94. The van der Waals surface area contributed by atoms with Crippen LogP contribution in [-0.2, 0) is 15.9 Å². The molecule has 0 saturated carbocycles. The summed E-state index contributed by atoms with van der Waals surface area (Å²) in [5.41, 5.74) is 4.41. The summed E-state index contributed by atoms with van der Waals surface area (Å²) in [6, 6.07) is 7.07. The van der Waals surface area contributed by atoms with Gasteiger partial charge in [-0.2, -0.15) is 0 Å². The van der Waals surface area contributed by atoms with Crippen molar-refractivity contribution in [2.75, 3.05) is 11.9 Å². The fraction of sp³-hybridized carbons (Fsp3) is 0.387. The monoisotopic (exact) mass is 612 g/mol. The van der Waals surface area contributed by atoms with Crippen LogP contribution < -0.4 is 21.4 Å². The second kappa shape index (κ2) is 12.6. The van der Waals surface area contributed by atoms with Gasteiger partial charge in [0.1, 0.15) is 23.2 Å². The second-order valence-electron chi connectivity index (χ2n) is 11.4. The lowest BCUT2D eigenvalue weighted by molar-refractivity contribution is -0.290. The van der Waals surface area contributed by atoms with Crippen molar-refractivity contribution in [3.8, 4) is 17.2 Å². The first-order chi connectivity index (χ1) is 20.6. The smallest absolute Gasteiger partial charge is 0.404 e. The van der Waals surface area contributed by atoms with Crippen molar-refractivity contribution in [1.82, 2.24) is 0 Å². The van der Waals surface area contributed by atoms with Crippen molar-refractivity contribution in [3.05, 3.63) is 69.1 Å². The average molecular weight is 613 g/mol. The number of fused-ring (bicyclic) bond motifs is 1. The third kappa shape index (κ3) is 6.49. The molecule has 0 aliphatic carbocycles. The van der Waals surface area contributed by atoms with Crippen molar-refractivity contribution >= 4 is 28.7 Å². The molecule has 44 heavy (non-hydrogen) atoms. The number of carbonyl (C=O) groups is 2. The largest absolute Gasteiger partial charge is 0.508 e. The third-order valence-corrected chi connectivity index (χ3v) is 7.57. The van der Waals surface area contributed by atoms with E-state index in [2.05, 4.69) is 5.32 Å². The maximum absolute atomic E-state index is 13.0. The quantitative estimate of drug-likeness (QED) is 0.161. The number of anilines is 1. The molecule has 3 aromatic rings. The lowest BCUT2D eigenvalue weighted by Crippen LogP contribution is -2.62. The number of nitrogens with one attached hydrogen (secondary N) is 1. The minimum Gasteiger partial charge on any atom is -0.508 e. The normalized spacial score (nSPS) is 21.0. The van der Waals surface area contributed by atoms with Gasteiger partial charge in [-0.15, -0.1) is 0 Å². The van der Waals surface area contributed by atoms with E-state index in [9.17, 15) is 34.8 Å². The molecule has 7 N–H and O–H groups in total. The summed E-state index contributed by atoms with van der Waals surface area (Å²) in [5.74, 6) is -1.96. The van der Waals surface area contributed by atoms with Crippen LogP contribution in [0.1, 0.15) is 49.2 Å². The summed E-state index contributed by atoms with van der Waals surface area (Å²) in [4.78, 5) is 37.4. The number of aliphatic hydroxyl groups excluding tert-OH is 2. The Morgan fingerprint density at radius 1 is 1.16 bits per heavy atom. The predicted octanol–water partition coefficient (Wildman–Crippen LogP) is 3.22. The zero-order valence-corrected chi connectivity index (χ0v) is 24.9. The first-order valence-corrected chi connectivity index (χ1v) is 13.8. The van der Waals surface area contributed by atoms with Crippen LogP contribution in [0.5, 0.6) is 17.2 Å². The van der Waals surface area contributed by atoms with E-state index in [1.807, 2.05) is 19.9 Å². The summed E-state index contributed by atoms with van der Waals surface area (Å²) < 4.78 is 22.4. The minimum atomic E-state index is -1.55. The van der Waals surface area contributed by atoms with Gasteiger partial charge >= 0.3 is 11.7 Å². The van der Waals surface area contributed by atoms with Gasteiger partial charge in [-0.05, 0) is 76.9 Å². The number of nitrogens with two attached hydrogens (primary N) is 1. The Morgan fingerprint density at radius 2 is 1.86 bits per heavy atom. The van der Waals surface area contributed by atoms with Gasteiger partial charge < -0.3 is 50.1 Å². The van der Waals surface area contributed by atoms with E-state index < -0.39 is 65.7 Å². The topological polar surface area (TPSA) is 211 Å². The Kier molecular flexibility index (Phi) is 9.23. The van der Waals surface area contributed by atoms with E-state index in [4.69, 9.17) is 24.4 Å². The minimum absolute atomic E-state index is 0.0134. The molecule has 1 aliphatic rings. The number of carbonyl (C=O) groups excluding carboxylic acids is 2. The summed E-state index contributed by atoms with van der Waals surface area (Å²) in [6.45, 7) is 8.12. The number of primary amides is 1. The number of aliphatic hydroxyl groups is 2. The van der Waals surface area contributed by atoms with Crippen LogP contribution in [0.25, 0.3) is 11.0 Å². The molecule has 1 unspecified atom stereocenters. The first-order valence-electron chi connectivity index (χ1n) is 13.8. The summed E-state index contributed by atoms with van der Waals surface area (Å²) in [5, 5.41) is 44.4. The fourth-order valence-electron chi connectivity index (χ4n) is 5.07. The van der Waals surface area contributed by atoms with E-state index in [0.29, 0.717) is 12.0 Å². The molecule has 1 aliphatic heterocycles. The highest BCUT2D eigenvalue weighted by atomic mass is 16.7. The molecule has 2 amide bonds. The summed E-state index contributed by atoms with van der Waals surface area (Å²) in [7, 11) is 0. The maximum Gasteiger partial charge on any atom is 0.404 e. The van der Waals surface area contributed by atoms with Crippen LogP contribution in [0.4, 0.5) is 10.5 Å². The van der Waals surface area contributed by atoms with E-state index >= 15 is 0 Å². The van der Waals surface area contributed by atoms with Gasteiger partial charge in [0, 0.05) is 11.1 Å². The van der Waals surface area contributed by atoms with Gasteiger partial charge in [0.2, 0.25) is 6.29 Å². The van der Waals surface area contributed by atoms with Crippen LogP contribution in [0.15, 0.2) is 51.2 Å². The van der Waals surface area contributed by atoms with Gasteiger partial charge in [0.05, 0.1) is 23.5 Å². The van der Waals surface area contributed by atoms with Crippen LogP contribution in [0.3, 0.4) is 0 Å². The molecule has 13 nitrogen and oxygen atoms in total. The third-order valence-electron chi connectivity index (χ3n) is 7.57. The van der Waals surface area contributed by atoms with Crippen molar-refractivity contribution in [2.45, 2.75) is 65.1 Å². The molecule has 2 heterocycles. The number of ether oxygens (including phenoxy) is 3. The molecule has 13 heteroatoms. The molecule has 2 aromatic carbocycles. The number of hydrogen-bond acceptors (Lipinski definition) is 11. The summed E-state index contributed by atoms with van der Waals surface area (Å²) in [6.07, 6.45) is -3.06. The van der Waals surface area contributed by atoms with Gasteiger partial charge in [-0.25, -0.2) is 9.59 Å². The van der Waals surface area contributed by atoms with Crippen molar-refractivity contribution in [1.29, 1.82) is 0 Å². The second-order valence-corrected chi connectivity index (χ2v) is 11.4. The molecule has 4 atom stereocenters. The van der Waals surface area contributed by atoms with Gasteiger partial charge in [0.25, 0.3) is 5.91 Å². The van der Waals surface area contributed by atoms with E-state index in [0.717, 1.165) is 5.57 Å². The Balaban J connectivity index is 1.63. The highest BCUT2D eigenvalue weighted by Crippen LogP contribution is 2.39. The summed E-state index contributed by atoms with van der Waals surface area (Å²) >= 11 is 0. The van der Waals surface area contributed by atoms with E-state index in [1.54, 1.807) is 13.8 Å².